The summed E-state index contributed by atoms with van der Waals surface area (Å²) in [5.74, 6) is 0.311. The van der Waals surface area contributed by atoms with E-state index in [0.717, 1.165) is 68.9 Å². The van der Waals surface area contributed by atoms with E-state index in [1.165, 1.54) is 28.7 Å². The van der Waals surface area contributed by atoms with Crippen molar-refractivity contribution < 1.29 is 4.79 Å². The zero-order chi connectivity index (χ0) is 25.4. The van der Waals surface area contributed by atoms with Gasteiger partial charge in [-0.3, -0.25) is 14.7 Å². The number of carbonyl (C=O) groups excluding carboxylic acids is 1. The van der Waals surface area contributed by atoms with Crippen LogP contribution in [-0.4, -0.2) is 67.2 Å². The lowest BCUT2D eigenvalue weighted by Crippen LogP contribution is -2.68. The first kappa shape index (κ1) is 25.2. The molecule has 2 aromatic carbocycles. The number of likely N-dealkylation sites (N-methyl/N-ethyl adjacent to an activating group) is 1. The minimum Gasteiger partial charge on any atom is -0.306 e. The molecule has 5 heteroatoms. The number of anilines is 1. The van der Waals surface area contributed by atoms with Gasteiger partial charge in [0.2, 0.25) is 5.91 Å². The molecule has 0 radical (unpaired) electrons. The monoisotopic (exact) mass is 486 g/mol. The van der Waals surface area contributed by atoms with E-state index >= 15 is 0 Å². The summed E-state index contributed by atoms with van der Waals surface area (Å²) in [6.45, 7) is 13.2. The second kappa shape index (κ2) is 10.1. The van der Waals surface area contributed by atoms with Crippen LogP contribution < -0.4 is 4.90 Å². The van der Waals surface area contributed by atoms with Gasteiger partial charge in [-0.25, -0.2) is 0 Å². The van der Waals surface area contributed by atoms with Gasteiger partial charge in [0.15, 0.2) is 0 Å². The molecule has 1 saturated carbocycles. The molecule has 1 aliphatic carbocycles. The lowest BCUT2D eigenvalue weighted by atomic mass is 9.64. The third-order valence-corrected chi connectivity index (χ3v) is 8.72. The number of piperidine rings is 1. The number of hydrogen-bond donors (Lipinski definition) is 0. The van der Waals surface area contributed by atoms with Gasteiger partial charge >= 0.3 is 0 Å². The minimum absolute atomic E-state index is 0.0702. The Morgan fingerprint density at radius 3 is 2.06 bits per heavy atom. The number of piperazine rings is 1. The number of benzene rings is 2. The molecular weight excluding hydrogens is 444 g/mol. The molecule has 0 bridgehead atoms. The minimum atomic E-state index is -0.400. The molecule has 192 valence electrons. The Morgan fingerprint density at radius 2 is 1.44 bits per heavy atom. The van der Waals surface area contributed by atoms with Crippen molar-refractivity contribution in [1.29, 1.82) is 0 Å². The largest absolute Gasteiger partial charge is 0.306 e. The molecule has 5 nitrogen and oxygen atoms in total. The highest BCUT2D eigenvalue weighted by Crippen LogP contribution is 2.47. The van der Waals surface area contributed by atoms with Gasteiger partial charge in [0, 0.05) is 31.9 Å². The van der Waals surface area contributed by atoms with Crippen LogP contribution in [0.1, 0.15) is 54.4 Å². The smallest absolute Gasteiger partial charge is 0.235 e. The number of rotatable bonds is 3. The Kier molecular flexibility index (Phi) is 7.06. The van der Waals surface area contributed by atoms with Gasteiger partial charge < -0.3 is 9.80 Å². The average molecular weight is 487 g/mol. The zero-order valence-electron chi connectivity index (χ0n) is 22.8. The summed E-state index contributed by atoms with van der Waals surface area (Å²) >= 11 is 0. The molecule has 2 heterocycles. The van der Waals surface area contributed by atoms with E-state index in [2.05, 4.69) is 85.8 Å². The van der Waals surface area contributed by atoms with Crippen molar-refractivity contribution in [2.45, 2.75) is 65.8 Å². The summed E-state index contributed by atoms with van der Waals surface area (Å²) in [5.41, 5.74) is 7.76. The van der Waals surface area contributed by atoms with Crippen molar-refractivity contribution in [3.8, 4) is 0 Å². The summed E-state index contributed by atoms with van der Waals surface area (Å²) in [6.07, 6.45) is 5.37. The topological polar surface area (TPSA) is 39.1 Å². The fraction of sp³-hybridized carbons (Fsp3) is 0.548. The van der Waals surface area contributed by atoms with E-state index in [4.69, 9.17) is 4.99 Å². The highest BCUT2D eigenvalue weighted by atomic mass is 16.2. The first-order valence-electron chi connectivity index (χ1n) is 13.7. The fourth-order valence-corrected chi connectivity index (χ4v) is 6.86. The van der Waals surface area contributed by atoms with E-state index < -0.39 is 5.41 Å². The van der Waals surface area contributed by atoms with Crippen molar-refractivity contribution in [2.24, 2.45) is 10.4 Å². The summed E-state index contributed by atoms with van der Waals surface area (Å²) in [5, 5.41) is 0. The number of carbonyl (C=O) groups is 1. The fourth-order valence-electron chi connectivity index (χ4n) is 6.86. The van der Waals surface area contributed by atoms with Gasteiger partial charge in [-0.2, -0.15) is 0 Å². The van der Waals surface area contributed by atoms with Crippen molar-refractivity contribution >= 4 is 23.0 Å². The molecule has 3 fully saturated rings. The molecule has 5 rings (SSSR count). The van der Waals surface area contributed by atoms with Gasteiger partial charge in [0.25, 0.3) is 0 Å². The third kappa shape index (κ3) is 4.64. The molecule has 0 aromatic heterocycles. The molecule has 3 aliphatic rings. The first-order valence-corrected chi connectivity index (χ1v) is 13.7. The average Bonchev–Trinajstić information content (AvgIpc) is 2.86. The van der Waals surface area contributed by atoms with Gasteiger partial charge in [0.05, 0.1) is 29.4 Å². The quantitative estimate of drug-likeness (QED) is 0.566. The van der Waals surface area contributed by atoms with Crippen LogP contribution in [-0.2, 0) is 4.79 Å². The van der Waals surface area contributed by atoms with Crippen LogP contribution in [0.5, 0.6) is 0 Å². The normalized spacial score (nSPS) is 24.6. The number of aliphatic imine (C=N–C) groups is 1. The van der Waals surface area contributed by atoms with E-state index in [1.54, 1.807) is 0 Å². The molecule has 36 heavy (non-hydrogen) atoms. The zero-order valence-corrected chi connectivity index (χ0v) is 22.8. The number of aryl methyl sites for hydroxylation is 4. The van der Waals surface area contributed by atoms with E-state index in [1.807, 2.05) is 0 Å². The van der Waals surface area contributed by atoms with E-state index in [0.29, 0.717) is 12.5 Å². The molecule has 1 atom stereocenters. The second-order valence-corrected chi connectivity index (χ2v) is 11.5. The highest BCUT2D eigenvalue weighted by molar-refractivity contribution is 6.13. The lowest BCUT2D eigenvalue weighted by molar-refractivity contribution is -0.134. The van der Waals surface area contributed by atoms with Crippen molar-refractivity contribution in [2.75, 3.05) is 44.7 Å². The predicted molar refractivity (Wildman–Crippen MR) is 150 cm³/mol. The summed E-state index contributed by atoms with van der Waals surface area (Å²) < 4.78 is 0. The maximum Gasteiger partial charge on any atom is 0.235 e. The molecular formula is C31H42N4O. The molecule has 0 N–H and O–H groups in total. The van der Waals surface area contributed by atoms with Gasteiger partial charge in [-0.15, -0.1) is 0 Å². The van der Waals surface area contributed by atoms with Crippen LogP contribution in [0.2, 0.25) is 0 Å². The number of hydrogen-bond acceptors (Lipinski definition) is 4. The third-order valence-electron chi connectivity index (χ3n) is 8.72. The van der Waals surface area contributed by atoms with Crippen LogP contribution in [0.25, 0.3) is 0 Å². The van der Waals surface area contributed by atoms with Crippen molar-refractivity contribution in [3.05, 3.63) is 58.7 Å². The maximum atomic E-state index is 14.5. The lowest BCUT2D eigenvalue weighted by Gasteiger charge is -2.54. The van der Waals surface area contributed by atoms with Gasteiger partial charge in [0.1, 0.15) is 0 Å². The van der Waals surface area contributed by atoms with Gasteiger partial charge in [-0.05, 0) is 70.8 Å². The predicted octanol–water partition coefficient (Wildman–Crippen LogP) is 5.61. The second-order valence-electron chi connectivity index (χ2n) is 11.5. The van der Waals surface area contributed by atoms with E-state index in [9.17, 15) is 4.79 Å². The highest BCUT2D eigenvalue weighted by Gasteiger charge is 2.56. The van der Waals surface area contributed by atoms with Gasteiger partial charge in [-0.1, -0.05) is 54.7 Å². The molecule has 1 unspecified atom stereocenters. The molecule has 2 saturated heterocycles. The first-order chi connectivity index (χ1) is 17.3. The maximum absolute atomic E-state index is 14.5. The molecule has 1 spiro atoms. The summed E-state index contributed by atoms with van der Waals surface area (Å²) in [4.78, 5) is 27.1. The number of amides is 1. The molecule has 2 aromatic rings. The van der Waals surface area contributed by atoms with E-state index in [-0.39, 0.29) is 6.04 Å². The molecule has 2 aliphatic heterocycles. The van der Waals surface area contributed by atoms with Crippen LogP contribution in [0.15, 0.2) is 41.4 Å². The van der Waals surface area contributed by atoms with Crippen molar-refractivity contribution in [1.82, 2.24) is 9.80 Å². The Bertz CT molecular complexity index is 1110. The van der Waals surface area contributed by atoms with Crippen LogP contribution in [0.4, 0.5) is 11.4 Å². The molecule has 1 amide bonds. The number of nitrogens with zero attached hydrogens (tertiary/aromatic N) is 4. The summed E-state index contributed by atoms with van der Waals surface area (Å²) in [6, 6.07) is 13.0. The summed E-state index contributed by atoms with van der Waals surface area (Å²) in [7, 11) is 2.20. The Labute approximate surface area is 217 Å². The standard InChI is InChI=1S/C31H42N4O/c1-22-9-11-26(12-10-22)35-21-27(32-28-24(3)19-23(2)20-25(28)4)29(34-17-15-33(5)16-18-34)31(30(35)36)13-7-6-8-14-31/h9-12,19-20,29H,6-8,13-18,21H2,1-5H3. The SMILES string of the molecule is Cc1ccc(N2CC(=Nc3c(C)cc(C)cc3C)C(N3CCN(C)CC3)C3(CCCCC3)C2=O)cc1. The van der Waals surface area contributed by atoms with Crippen LogP contribution >= 0.6 is 0 Å². The van der Waals surface area contributed by atoms with Crippen LogP contribution in [0, 0.1) is 33.1 Å². The van der Waals surface area contributed by atoms with Crippen LogP contribution in [0.3, 0.4) is 0 Å². The Morgan fingerprint density at radius 1 is 0.833 bits per heavy atom. The van der Waals surface area contributed by atoms with Crippen molar-refractivity contribution in [3.63, 3.8) is 0 Å². The Balaban J connectivity index is 1.66. The Hall–Kier alpha value is -2.50.